The van der Waals surface area contributed by atoms with Gasteiger partial charge >= 0.3 is 37.0 Å². The molecule has 0 amide bonds. The van der Waals surface area contributed by atoms with Crippen molar-refractivity contribution < 1.29 is 54.2 Å². The second-order valence-electron chi connectivity index (χ2n) is 2.48. The average Bonchev–Trinajstić information content (AvgIpc) is 2.14. The highest BCUT2D eigenvalue weighted by Gasteiger charge is 2.70. The van der Waals surface area contributed by atoms with Crippen molar-refractivity contribution in [3.63, 3.8) is 0 Å². The first-order chi connectivity index (χ1) is 7.92. The summed E-state index contributed by atoms with van der Waals surface area (Å²) in [7, 11) is 0. The van der Waals surface area contributed by atoms with Crippen molar-refractivity contribution >= 4 is 11.9 Å². The molecule has 0 saturated carbocycles. The SMILES string of the molecule is O=C(OC(F)F)C(F)(F)C(F)(F)C(=O)OC(F)F. The van der Waals surface area contributed by atoms with E-state index in [1.54, 1.807) is 0 Å². The van der Waals surface area contributed by atoms with Gasteiger partial charge in [0.2, 0.25) is 0 Å². The highest BCUT2D eigenvalue weighted by Crippen LogP contribution is 2.37. The van der Waals surface area contributed by atoms with E-state index in [2.05, 4.69) is 9.47 Å². The fraction of sp³-hybridized carbons (Fsp3) is 0.667. The summed E-state index contributed by atoms with van der Waals surface area (Å²) in [4.78, 5) is 20.4. The van der Waals surface area contributed by atoms with E-state index < -0.39 is 37.0 Å². The van der Waals surface area contributed by atoms with Gasteiger partial charge in [0.15, 0.2) is 0 Å². The largest absolute Gasteiger partial charge is 0.415 e. The van der Waals surface area contributed by atoms with E-state index in [1.807, 2.05) is 0 Å². The summed E-state index contributed by atoms with van der Waals surface area (Å²) in [6.45, 7) is -8.32. The fourth-order valence-electron chi connectivity index (χ4n) is 0.566. The van der Waals surface area contributed by atoms with Crippen LogP contribution < -0.4 is 0 Å². The topological polar surface area (TPSA) is 52.6 Å². The molecule has 106 valence electrons. The molecule has 0 heterocycles. The zero-order chi connectivity index (χ0) is 14.7. The molecule has 0 rings (SSSR count). The van der Waals surface area contributed by atoms with E-state index in [4.69, 9.17) is 0 Å². The molecule has 0 saturated heterocycles. The Balaban J connectivity index is 5.06. The zero-order valence-corrected chi connectivity index (χ0v) is 7.81. The quantitative estimate of drug-likeness (QED) is 0.572. The second kappa shape index (κ2) is 5.35. The lowest BCUT2D eigenvalue weighted by Crippen LogP contribution is -2.54. The van der Waals surface area contributed by atoms with Crippen LogP contribution in [0.2, 0.25) is 0 Å². The summed E-state index contributed by atoms with van der Waals surface area (Å²) in [6.07, 6.45) is 0. The number of halogens is 8. The van der Waals surface area contributed by atoms with Crippen LogP contribution in [0, 0.1) is 0 Å². The molecule has 0 aliphatic carbocycles. The number of ether oxygens (including phenoxy) is 2. The minimum atomic E-state index is -6.09. The molecule has 0 aromatic heterocycles. The number of carbonyl (C=O) groups is 2. The van der Waals surface area contributed by atoms with E-state index in [-0.39, 0.29) is 0 Å². The Hall–Kier alpha value is -1.62. The summed E-state index contributed by atoms with van der Waals surface area (Å²) < 4.78 is 101. The van der Waals surface area contributed by atoms with Crippen molar-refractivity contribution in [2.24, 2.45) is 0 Å². The summed E-state index contributed by atoms with van der Waals surface area (Å²) in [6, 6.07) is 0. The number of alkyl halides is 8. The Morgan fingerprint density at radius 3 is 1.11 bits per heavy atom. The molecule has 0 aromatic rings. The Morgan fingerprint density at radius 1 is 0.722 bits per heavy atom. The zero-order valence-electron chi connectivity index (χ0n) is 7.81. The number of esters is 2. The van der Waals surface area contributed by atoms with E-state index in [0.717, 1.165) is 0 Å². The second-order valence-corrected chi connectivity index (χ2v) is 2.48. The maximum atomic E-state index is 12.6. The average molecular weight is 290 g/mol. The van der Waals surface area contributed by atoms with E-state index in [1.165, 1.54) is 0 Å². The third-order valence-corrected chi connectivity index (χ3v) is 1.30. The number of rotatable bonds is 5. The van der Waals surface area contributed by atoms with E-state index in [0.29, 0.717) is 0 Å². The lowest BCUT2D eigenvalue weighted by Gasteiger charge is -2.22. The van der Waals surface area contributed by atoms with Crippen molar-refractivity contribution in [1.29, 1.82) is 0 Å². The van der Waals surface area contributed by atoms with Gasteiger partial charge in [-0.05, 0) is 0 Å². The normalized spacial score (nSPS) is 12.8. The Labute approximate surface area is 92.4 Å². The van der Waals surface area contributed by atoms with Crippen LogP contribution in [0.25, 0.3) is 0 Å². The minimum absolute atomic E-state index is 2.46. The van der Waals surface area contributed by atoms with Gasteiger partial charge in [0.05, 0.1) is 0 Å². The van der Waals surface area contributed by atoms with Crippen LogP contribution in [0.4, 0.5) is 35.1 Å². The van der Waals surface area contributed by atoms with Crippen molar-refractivity contribution in [3.8, 4) is 0 Å². The minimum Gasteiger partial charge on any atom is -0.398 e. The van der Waals surface area contributed by atoms with Crippen LogP contribution >= 0.6 is 0 Å². The van der Waals surface area contributed by atoms with Gasteiger partial charge in [-0.2, -0.15) is 35.1 Å². The van der Waals surface area contributed by atoms with Gasteiger partial charge in [-0.1, -0.05) is 0 Å². The molecule has 0 N–H and O–H groups in total. The molecule has 0 aliphatic rings. The summed E-state index contributed by atoms with van der Waals surface area (Å²) >= 11 is 0. The predicted molar refractivity (Wildman–Crippen MR) is 34.1 cm³/mol. The lowest BCUT2D eigenvalue weighted by atomic mass is 10.2. The molecule has 0 unspecified atom stereocenters. The van der Waals surface area contributed by atoms with Gasteiger partial charge < -0.3 is 9.47 Å². The third kappa shape index (κ3) is 3.43. The van der Waals surface area contributed by atoms with Gasteiger partial charge in [0.25, 0.3) is 0 Å². The molecule has 4 nitrogen and oxygen atoms in total. The van der Waals surface area contributed by atoms with Crippen molar-refractivity contribution in [2.75, 3.05) is 0 Å². The van der Waals surface area contributed by atoms with E-state index in [9.17, 15) is 44.7 Å². The van der Waals surface area contributed by atoms with E-state index >= 15 is 0 Å². The highest BCUT2D eigenvalue weighted by atomic mass is 19.3. The molecule has 0 fully saturated rings. The van der Waals surface area contributed by atoms with Crippen LogP contribution in [0.3, 0.4) is 0 Å². The highest BCUT2D eigenvalue weighted by molar-refractivity contribution is 5.90. The first-order valence-corrected chi connectivity index (χ1v) is 3.67. The molecule has 0 aromatic carbocycles. The van der Waals surface area contributed by atoms with Gasteiger partial charge in [-0.3, -0.25) is 0 Å². The molecule has 12 heteroatoms. The standard InChI is InChI=1S/C6H2F8O4/c7-3(8)17-1(15)5(11,12)6(13,14)2(16)18-4(9)10/h3-4H. The van der Waals surface area contributed by atoms with Crippen LogP contribution in [0.15, 0.2) is 0 Å². The first-order valence-electron chi connectivity index (χ1n) is 3.67. The smallest absolute Gasteiger partial charge is 0.398 e. The summed E-state index contributed by atoms with van der Waals surface area (Å²) in [5.41, 5.74) is 0. The molecule has 0 bridgehead atoms. The maximum Gasteiger partial charge on any atom is 0.415 e. The Morgan fingerprint density at radius 2 is 0.944 bits per heavy atom. The maximum absolute atomic E-state index is 12.6. The van der Waals surface area contributed by atoms with Gasteiger partial charge in [0, 0.05) is 0 Å². The van der Waals surface area contributed by atoms with Crippen LogP contribution in [0.1, 0.15) is 0 Å². The van der Waals surface area contributed by atoms with Gasteiger partial charge in [-0.15, -0.1) is 0 Å². The van der Waals surface area contributed by atoms with Crippen LogP contribution in [0.5, 0.6) is 0 Å². The summed E-state index contributed by atoms with van der Waals surface area (Å²) in [5.74, 6) is -19.1. The van der Waals surface area contributed by atoms with Crippen molar-refractivity contribution in [3.05, 3.63) is 0 Å². The van der Waals surface area contributed by atoms with Crippen molar-refractivity contribution in [1.82, 2.24) is 0 Å². The number of hydrogen-bond donors (Lipinski definition) is 0. The third-order valence-electron chi connectivity index (χ3n) is 1.30. The molecule has 0 spiro atoms. The number of hydrogen-bond acceptors (Lipinski definition) is 4. The van der Waals surface area contributed by atoms with Crippen molar-refractivity contribution in [2.45, 2.75) is 25.1 Å². The number of carbonyl (C=O) groups excluding carboxylic acids is 2. The fourth-order valence-corrected chi connectivity index (χ4v) is 0.566. The van der Waals surface area contributed by atoms with Gasteiger partial charge in [0.1, 0.15) is 0 Å². The molecule has 0 atom stereocenters. The molecular formula is C6H2F8O4. The first kappa shape index (κ1) is 16.4. The summed E-state index contributed by atoms with van der Waals surface area (Å²) in [5, 5.41) is 0. The van der Waals surface area contributed by atoms with Crippen LogP contribution in [-0.4, -0.2) is 37.0 Å². The molecule has 18 heavy (non-hydrogen) atoms. The molecule has 0 aliphatic heterocycles. The predicted octanol–water partition coefficient (Wildman–Crippen LogP) is 1.79. The monoisotopic (exact) mass is 290 g/mol. The Kier molecular flexibility index (Phi) is 4.87. The van der Waals surface area contributed by atoms with Gasteiger partial charge in [-0.25, -0.2) is 9.59 Å². The molecule has 0 radical (unpaired) electrons. The molecular weight excluding hydrogens is 288 g/mol. The Bertz CT molecular complexity index is 296. The van der Waals surface area contributed by atoms with Crippen LogP contribution in [-0.2, 0) is 19.1 Å². The lowest BCUT2D eigenvalue weighted by molar-refractivity contribution is -0.259.